The van der Waals surface area contributed by atoms with Gasteiger partial charge in [0.05, 0.1) is 16.6 Å². The zero-order valence-corrected chi connectivity index (χ0v) is 9.25. The average molecular weight is 230 g/mol. The Balaban J connectivity index is 2.74. The molecule has 1 aromatic carbocycles. The SMILES string of the molecule is N#Cc1c2ccccnc2c(C#N)c2nccc12. The van der Waals surface area contributed by atoms with Gasteiger partial charge >= 0.3 is 0 Å². The van der Waals surface area contributed by atoms with Crippen LogP contribution in [0.1, 0.15) is 11.1 Å². The first-order chi connectivity index (χ1) is 8.86. The third kappa shape index (κ3) is 1.24. The molecule has 2 aromatic heterocycles. The van der Waals surface area contributed by atoms with Crippen molar-refractivity contribution in [1.29, 1.82) is 10.5 Å². The summed E-state index contributed by atoms with van der Waals surface area (Å²) in [4.78, 5) is 8.39. The van der Waals surface area contributed by atoms with Crippen LogP contribution in [0.4, 0.5) is 0 Å². The molecule has 0 aliphatic carbocycles. The van der Waals surface area contributed by atoms with E-state index in [1.807, 2.05) is 0 Å². The van der Waals surface area contributed by atoms with Crippen LogP contribution in [0.5, 0.6) is 0 Å². The van der Waals surface area contributed by atoms with Crippen molar-refractivity contribution < 1.29 is 0 Å². The molecule has 0 saturated carbocycles. The number of nitrogens with zero attached hydrogens (tertiary/aromatic N) is 4. The second kappa shape index (κ2) is 3.80. The average Bonchev–Trinajstić information content (AvgIpc) is 2.73. The molecule has 82 valence electrons. The van der Waals surface area contributed by atoms with Crippen molar-refractivity contribution in [2.45, 2.75) is 0 Å². The van der Waals surface area contributed by atoms with Crippen molar-refractivity contribution >= 4 is 21.8 Å². The standard InChI is InChI=1S/C14H6N4/c15-7-11-9-3-1-2-5-17-13(9)12(8-16)14-10(11)4-6-18-14/h1-6H. The van der Waals surface area contributed by atoms with E-state index >= 15 is 0 Å². The first-order valence-corrected chi connectivity index (χ1v) is 5.32. The fourth-order valence-corrected chi connectivity index (χ4v) is 2.09. The summed E-state index contributed by atoms with van der Waals surface area (Å²) >= 11 is 0. The largest absolute Gasteiger partial charge is 0.255 e. The summed E-state index contributed by atoms with van der Waals surface area (Å²) in [6.07, 6.45) is 3.21. The second-order valence-electron chi connectivity index (χ2n) is 3.77. The summed E-state index contributed by atoms with van der Waals surface area (Å²) in [5, 5.41) is 20.0. The maximum absolute atomic E-state index is 9.31. The highest BCUT2D eigenvalue weighted by atomic mass is 14.7. The van der Waals surface area contributed by atoms with Crippen LogP contribution < -0.4 is 0 Å². The van der Waals surface area contributed by atoms with Crippen LogP contribution in [0.15, 0.2) is 36.7 Å². The molecular weight excluding hydrogens is 224 g/mol. The molecule has 0 fully saturated rings. The van der Waals surface area contributed by atoms with E-state index in [1.165, 1.54) is 0 Å². The molecule has 0 unspecified atom stereocenters. The van der Waals surface area contributed by atoms with Gasteiger partial charge in [0.1, 0.15) is 17.7 Å². The van der Waals surface area contributed by atoms with Crippen LogP contribution in [0.2, 0.25) is 0 Å². The number of aromatic nitrogens is 2. The van der Waals surface area contributed by atoms with Crippen LogP contribution in [0.25, 0.3) is 21.8 Å². The third-order valence-corrected chi connectivity index (χ3v) is 2.85. The highest BCUT2D eigenvalue weighted by Gasteiger charge is 2.15. The van der Waals surface area contributed by atoms with E-state index in [-0.39, 0.29) is 0 Å². The first-order valence-electron chi connectivity index (χ1n) is 5.32. The number of fused-ring (bicyclic) bond motifs is 2. The lowest BCUT2D eigenvalue weighted by Crippen LogP contribution is -1.88. The highest BCUT2D eigenvalue weighted by molar-refractivity contribution is 6.06. The number of nitriles is 2. The minimum atomic E-state index is 0.417. The summed E-state index contributed by atoms with van der Waals surface area (Å²) < 4.78 is 0. The van der Waals surface area contributed by atoms with Crippen molar-refractivity contribution in [2.75, 3.05) is 0 Å². The maximum atomic E-state index is 9.31. The van der Waals surface area contributed by atoms with Crippen molar-refractivity contribution in [1.82, 2.24) is 9.97 Å². The van der Waals surface area contributed by atoms with Crippen molar-refractivity contribution in [3.05, 3.63) is 47.8 Å². The lowest BCUT2D eigenvalue weighted by atomic mass is 10.0. The fourth-order valence-electron chi connectivity index (χ4n) is 2.09. The molecule has 0 spiro atoms. The van der Waals surface area contributed by atoms with Crippen LogP contribution >= 0.6 is 0 Å². The van der Waals surface area contributed by atoms with Gasteiger partial charge in [-0.3, -0.25) is 9.97 Å². The van der Waals surface area contributed by atoms with Gasteiger partial charge < -0.3 is 0 Å². The monoisotopic (exact) mass is 230 g/mol. The zero-order chi connectivity index (χ0) is 12.5. The zero-order valence-electron chi connectivity index (χ0n) is 9.25. The van der Waals surface area contributed by atoms with E-state index in [4.69, 9.17) is 0 Å². The van der Waals surface area contributed by atoms with Gasteiger partial charge in [-0.15, -0.1) is 0 Å². The number of benzene rings is 1. The van der Waals surface area contributed by atoms with E-state index in [1.54, 1.807) is 36.7 Å². The van der Waals surface area contributed by atoms with Crippen molar-refractivity contribution in [2.24, 2.45) is 0 Å². The van der Waals surface area contributed by atoms with Gasteiger partial charge in [-0.05, 0) is 12.1 Å². The molecule has 0 N–H and O–H groups in total. The molecule has 4 nitrogen and oxygen atoms in total. The summed E-state index contributed by atoms with van der Waals surface area (Å²) in [7, 11) is 0. The minimum absolute atomic E-state index is 0.417. The number of hydrogen-bond donors (Lipinski definition) is 0. The molecule has 18 heavy (non-hydrogen) atoms. The second-order valence-corrected chi connectivity index (χ2v) is 3.77. The van der Waals surface area contributed by atoms with Crippen LogP contribution in [-0.4, -0.2) is 9.97 Å². The van der Waals surface area contributed by atoms with Gasteiger partial charge in [0.15, 0.2) is 0 Å². The lowest BCUT2D eigenvalue weighted by Gasteiger charge is -2.01. The summed E-state index contributed by atoms with van der Waals surface area (Å²) in [5.41, 5.74) is 1.99. The van der Waals surface area contributed by atoms with E-state index in [0.29, 0.717) is 32.9 Å². The maximum Gasteiger partial charge on any atom is 0.105 e. The molecule has 3 rings (SSSR count). The molecule has 0 atom stereocenters. The smallest absolute Gasteiger partial charge is 0.105 e. The fraction of sp³-hybridized carbons (Fsp3) is 0. The molecule has 0 amide bonds. The Morgan fingerprint density at radius 3 is 2.17 bits per heavy atom. The third-order valence-electron chi connectivity index (χ3n) is 2.85. The van der Waals surface area contributed by atoms with E-state index in [0.717, 1.165) is 0 Å². The Hall–Kier alpha value is -2.98. The number of hydrogen-bond acceptors (Lipinski definition) is 4. The predicted octanol–water partition coefficient (Wildman–Crippen LogP) is 2.53. The van der Waals surface area contributed by atoms with Gasteiger partial charge in [-0.2, -0.15) is 10.5 Å². The Bertz CT molecular complexity index is 785. The van der Waals surface area contributed by atoms with E-state index < -0.39 is 0 Å². The van der Waals surface area contributed by atoms with Crippen molar-refractivity contribution in [3.63, 3.8) is 0 Å². The van der Waals surface area contributed by atoms with Gasteiger partial charge in [0.25, 0.3) is 0 Å². The van der Waals surface area contributed by atoms with Gasteiger partial charge in [-0.25, -0.2) is 0 Å². The summed E-state index contributed by atoms with van der Waals surface area (Å²) in [5.74, 6) is 0. The molecular formula is C14H6N4. The molecule has 4 heteroatoms. The van der Waals surface area contributed by atoms with Crippen LogP contribution in [-0.2, 0) is 0 Å². The molecule has 3 aromatic rings. The van der Waals surface area contributed by atoms with Crippen LogP contribution in [0.3, 0.4) is 0 Å². The molecule has 0 saturated heterocycles. The molecule has 0 aliphatic heterocycles. The summed E-state index contributed by atoms with van der Waals surface area (Å²) in [6, 6.07) is 11.4. The topological polar surface area (TPSA) is 73.4 Å². The lowest BCUT2D eigenvalue weighted by molar-refractivity contribution is 1.40. The predicted molar refractivity (Wildman–Crippen MR) is 66.5 cm³/mol. The van der Waals surface area contributed by atoms with Crippen LogP contribution in [0, 0.1) is 22.7 Å². The molecule has 0 aliphatic rings. The van der Waals surface area contributed by atoms with Gasteiger partial charge in [-0.1, -0.05) is 12.1 Å². The Morgan fingerprint density at radius 2 is 1.44 bits per heavy atom. The number of rotatable bonds is 0. The van der Waals surface area contributed by atoms with Gasteiger partial charge in [0.2, 0.25) is 0 Å². The van der Waals surface area contributed by atoms with Gasteiger partial charge in [0, 0.05) is 23.2 Å². The molecule has 0 radical (unpaired) electrons. The van der Waals surface area contributed by atoms with E-state index in [9.17, 15) is 10.5 Å². The Labute approximate surface area is 103 Å². The van der Waals surface area contributed by atoms with Crippen molar-refractivity contribution in [3.8, 4) is 12.1 Å². The summed E-state index contributed by atoms with van der Waals surface area (Å²) in [6.45, 7) is 0. The Kier molecular flexibility index (Phi) is 2.15. The first kappa shape index (κ1) is 10.2. The quantitative estimate of drug-likeness (QED) is 0.594. The molecule has 2 heterocycles. The highest BCUT2D eigenvalue weighted by Crippen LogP contribution is 2.29. The normalized spacial score (nSPS) is 10.1. The molecule has 0 bridgehead atoms. The minimum Gasteiger partial charge on any atom is -0.255 e. The van der Waals surface area contributed by atoms with E-state index in [2.05, 4.69) is 22.1 Å². The Morgan fingerprint density at radius 1 is 0.778 bits per heavy atom.